The largest absolute Gasteiger partial charge is 0.414 e. The first-order chi connectivity index (χ1) is 14.9. The molecule has 12 heteroatoms. The number of fused-ring (bicyclic) bond motifs is 1. The number of rotatable bonds is 5. The van der Waals surface area contributed by atoms with Crippen molar-refractivity contribution in [2.45, 2.75) is 102 Å². The lowest BCUT2D eigenvalue weighted by atomic mass is 10.1. The van der Waals surface area contributed by atoms with Crippen molar-refractivity contribution in [1.82, 2.24) is 10.2 Å². The number of hydrogen-bond acceptors (Lipinski definition) is 8. The summed E-state index contributed by atoms with van der Waals surface area (Å²) in [5.41, 5.74) is 6.28. The summed E-state index contributed by atoms with van der Waals surface area (Å²) in [5, 5.41) is 13.7. The first-order valence-corrected chi connectivity index (χ1v) is 15.5. The summed E-state index contributed by atoms with van der Waals surface area (Å²) in [6.45, 7) is 17.3. The Hall–Kier alpha value is -1.03. The summed E-state index contributed by atoms with van der Waals surface area (Å²) >= 11 is 0. The molecule has 3 rings (SSSR count). The zero-order valence-corrected chi connectivity index (χ0v) is 22.5. The smallest absolute Gasteiger partial charge is 0.335 e. The van der Waals surface area contributed by atoms with Crippen LogP contribution in [0.1, 0.15) is 55.4 Å². The van der Waals surface area contributed by atoms with E-state index in [2.05, 4.69) is 65.7 Å². The lowest BCUT2D eigenvalue weighted by Crippen LogP contribution is -2.66. The van der Waals surface area contributed by atoms with Crippen LogP contribution >= 0.6 is 0 Å². The van der Waals surface area contributed by atoms with Gasteiger partial charge in [-0.2, -0.15) is 0 Å². The lowest BCUT2D eigenvalue weighted by Gasteiger charge is -2.51. The third-order valence-corrected chi connectivity index (χ3v) is 17.1. The zero-order valence-electron chi connectivity index (χ0n) is 20.5. The number of hydrogen-bond donors (Lipinski definition) is 3. The fraction of sp³-hybridized carbons (Fsp3) is 0.900. The number of nitrogens with two attached hydrogens (primary N) is 1. The molecule has 2 saturated heterocycles. The van der Waals surface area contributed by atoms with Crippen molar-refractivity contribution in [2.75, 3.05) is 13.3 Å². The summed E-state index contributed by atoms with van der Waals surface area (Å²) in [6, 6.07) is -0.461. The summed E-state index contributed by atoms with van der Waals surface area (Å²) < 4.78 is 26.8. The second kappa shape index (κ2) is 9.31. The van der Waals surface area contributed by atoms with Crippen LogP contribution in [-0.4, -0.2) is 76.9 Å². The van der Waals surface area contributed by atoms with Gasteiger partial charge >= 0.3 is 23.2 Å². The molecule has 0 saturated carbocycles. The van der Waals surface area contributed by atoms with Gasteiger partial charge < -0.3 is 28.5 Å². The number of nitrogens with one attached hydrogen (secondary N) is 1. The van der Waals surface area contributed by atoms with Crippen molar-refractivity contribution >= 4 is 29.1 Å². The third kappa shape index (κ3) is 4.26. The van der Waals surface area contributed by atoms with Crippen molar-refractivity contribution in [2.24, 2.45) is 10.7 Å². The molecule has 0 unspecified atom stereocenters. The normalized spacial score (nSPS) is 32.7. The van der Waals surface area contributed by atoms with E-state index in [0.29, 0.717) is 0 Å². The SMILES string of the molecule is CC(C)[Si]1(C(C)C)OC[C@H]2O[C@@H](N3CN=C(N)NC3=O)[C@H](O)[C@@H]2O[Si](C(C)C)(C(C)C)O1. The highest BCUT2D eigenvalue weighted by Crippen LogP contribution is 2.47. The molecule has 0 aromatic rings. The zero-order chi connectivity index (χ0) is 24.0. The molecule has 3 heterocycles. The Kier molecular flexibility index (Phi) is 7.45. The van der Waals surface area contributed by atoms with E-state index in [-0.39, 0.29) is 41.4 Å². The molecule has 2 amide bonds. The maximum absolute atomic E-state index is 12.5. The van der Waals surface area contributed by atoms with Gasteiger partial charge in [-0.3, -0.25) is 10.2 Å². The number of aliphatic imine (C=N–C) groups is 1. The molecule has 4 N–H and O–H groups in total. The molecule has 4 atom stereocenters. The Morgan fingerprint density at radius 2 is 1.62 bits per heavy atom. The molecular formula is C20H40N4O6Si2. The van der Waals surface area contributed by atoms with Crippen LogP contribution in [0, 0.1) is 0 Å². The number of guanidine groups is 1. The standard InChI is InChI=1S/C20H40N4O6Si2/c1-11(2)31(12(3)4)27-9-15-17(29-32(30-31,13(5)6)14(7)8)16(25)18(28-15)24-10-22-19(21)23-20(24)26/h11-18,25H,9-10H2,1-8H3,(H3,21,22,23,26)/t15-,16-,17-,18-/m1/s1. The van der Waals surface area contributed by atoms with E-state index in [0.717, 1.165) is 0 Å². The Labute approximate surface area is 193 Å². The van der Waals surface area contributed by atoms with Gasteiger partial charge in [-0.15, -0.1) is 0 Å². The van der Waals surface area contributed by atoms with Gasteiger partial charge in [-0.05, 0) is 22.2 Å². The van der Waals surface area contributed by atoms with E-state index in [4.69, 9.17) is 23.4 Å². The average Bonchev–Trinajstić information content (AvgIpc) is 2.96. The minimum Gasteiger partial charge on any atom is -0.414 e. The molecule has 3 aliphatic rings. The monoisotopic (exact) mass is 488 g/mol. The maximum atomic E-state index is 12.5. The van der Waals surface area contributed by atoms with Gasteiger partial charge in [0, 0.05) is 0 Å². The number of carbonyl (C=O) groups is 1. The molecule has 0 bridgehead atoms. The van der Waals surface area contributed by atoms with Crippen LogP contribution in [0.4, 0.5) is 4.79 Å². The fourth-order valence-corrected chi connectivity index (χ4v) is 16.2. The third-order valence-electron chi connectivity index (χ3n) is 6.84. The minimum absolute atomic E-state index is 0.00377. The van der Waals surface area contributed by atoms with E-state index in [1.807, 2.05) is 0 Å². The average molecular weight is 489 g/mol. The van der Waals surface area contributed by atoms with Crippen LogP contribution < -0.4 is 11.1 Å². The van der Waals surface area contributed by atoms with Crippen molar-refractivity contribution < 1.29 is 27.6 Å². The molecule has 3 aliphatic heterocycles. The van der Waals surface area contributed by atoms with Crippen molar-refractivity contribution in [3.05, 3.63) is 0 Å². The molecule has 32 heavy (non-hydrogen) atoms. The number of aliphatic hydroxyl groups is 1. The molecule has 0 aromatic heterocycles. The summed E-state index contributed by atoms with van der Waals surface area (Å²) in [5.74, 6) is 0.0495. The van der Waals surface area contributed by atoms with E-state index in [9.17, 15) is 9.90 Å². The van der Waals surface area contributed by atoms with E-state index >= 15 is 0 Å². The number of aliphatic hydroxyl groups excluding tert-OH is 1. The van der Waals surface area contributed by atoms with Crippen molar-refractivity contribution in [1.29, 1.82) is 0 Å². The molecule has 2 fully saturated rings. The van der Waals surface area contributed by atoms with Gasteiger partial charge in [0.25, 0.3) is 0 Å². The number of ether oxygens (including phenoxy) is 1. The first-order valence-electron chi connectivity index (χ1n) is 11.6. The number of amides is 2. The van der Waals surface area contributed by atoms with Crippen LogP contribution in [0.15, 0.2) is 4.99 Å². The second-order valence-corrected chi connectivity index (χ2v) is 19.0. The van der Waals surface area contributed by atoms with E-state index in [1.54, 1.807) is 0 Å². The molecule has 0 aliphatic carbocycles. The first kappa shape index (κ1) is 25.6. The summed E-state index contributed by atoms with van der Waals surface area (Å²) in [6.07, 6.45) is -3.17. The highest BCUT2D eigenvalue weighted by Gasteiger charge is 2.62. The molecule has 184 valence electrons. The fourth-order valence-electron chi connectivity index (χ4n) is 5.03. The molecule has 0 aromatic carbocycles. The Morgan fingerprint density at radius 1 is 1.06 bits per heavy atom. The predicted octanol–water partition coefficient (Wildman–Crippen LogP) is 2.33. The van der Waals surface area contributed by atoms with Crippen molar-refractivity contribution in [3.63, 3.8) is 0 Å². The molecule has 0 radical (unpaired) electrons. The van der Waals surface area contributed by atoms with Gasteiger partial charge in [0.2, 0.25) is 0 Å². The number of urea groups is 1. The van der Waals surface area contributed by atoms with Crippen LogP contribution in [0.2, 0.25) is 22.2 Å². The van der Waals surface area contributed by atoms with Crippen LogP contribution in [0.3, 0.4) is 0 Å². The number of nitrogens with zero attached hydrogens (tertiary/aromatic N) is 2. The van der Waals surface area contributed by atoms with E-state index < -0.39 is 47.7 Å². The topological polar surface area (TPSA) is 128 Å². The quantitative estimate of drug-likeness (QED) is 0.507. The van der Waals surface area contributed by atoms with Gasteiger partial charge in [0.1, 0.15) is 25.0 Å². The highest BCUT2D eigenvalue weighted by molar-refractivity contribution is 6.83. The van der Waals surface area contributed by atoms with E-state index in [1.165, 1.54) is 4.90 Å². The lowest BCUT2D eigenvalue weighted by molar-refractivity contribution is -0.0805. The van der Waals surface area contributed by atoms with Crippen LogP contribution in [0.5, 0.6) is 0 Å². The predicted molar refractivity (Wildman–Crippen MR) is 125 cm³/mol. The maximum Gasteiger partial charge on any atom is 0.335 e. The molecule has 10 nitrogen and oxygen atoms in total. The summed E-state index contributed by atoms with van der Waals surface area (Å²) in [4.78, 5) is 17.9. The molecular weight excluding hydrogens is 448 g/mol. The van der Waals surface area contributed by atoms with Gasteiger partial charge in [-0.25, -0.2) is 9.79 Å². The Bertz CT molecular complexity index is 719. The van der Waals surface area contributed by atoms with Gasteiger partial charge in [0.15, 0.2) is 12.2 Å². The Morgan fingerprint density at radius 3 is 2.12 bits per heavy atom. The van der Waals surface area contributed by atoms with Gasteiger partial charge in [-0.1, -0.05) is 55.4 Å². The summed E-state index contributed by atoms with van der Waals surface area (Å²) in [7, 11) is -5.59. The minimum atomic E-state index is -2.89. The van der Waals surface area contributed by atoms with Crippen LogP contribution in [0.25, 0.3) is 0 Å². The van der Waals surface area contributed by atoms with Crippen molar-refractivity contribution in [3.8, 4) is 0 Å². The van der Waals surface area contributed by atoms with Crippen LogP contribution in [-0.2, 0) is 17.7 Å². The second-order valence-electron chi connectivity index (χ2n) is 10.2. The Balaban J connectivity index is 2.00. The number of carbonyl (C=O) groups excluding carboxylic acids is 1. The highest BCUT2D eigenvalue weighted by atomic mass is 28.5. The molecule has 0 spiro atoms. The van der Waals surface area contributed by atoms with Gasteiger partial charge in [0.05, 0.1) is 6.61 Å².